The molecule has 0 aromatic heterocycles. The minimum absolute atomic E-state index is 0.280. The molecule has 0 saturated carbocycles. The first-order valence-electron chi connectivity index (χ1n) is 5.97. The number of hydrogen-bond donors (Lipinski definition) is 1. The number of nitrogens with one attached hydrogen (secondary N) is 1. The Morgan fingerprint density at radius 3 is 2.68 bits per heavy atom. The van der Waals surface area contributed by atoms with Gasteiger partial charge in [0, 0.05) is 29.1 Å². The SMILES string of the molecule is O=C(NC1(CCl)CCOCC1)c1cc(F)cc(Br)c1. The van der Waals surface area contributed by atoms with Gasteiger partial charge in [-0.1, -0.05) is 15.9 Å². The first-order chi connectivity index (χ1) is 9.04. The molecule has 1 heterocycles. The van der Waals surface area contributed by atoms with Crippen molar-refractivity contribution in [2.24, 2.45) is 0 Å². The largest absolute Gasteiger partial charge is 0.381 e. The molecule has 2 rings (SSSR count). The summed E-state index contributed by atoms with van der Waals surface area (Å²) in [4.78, 5) is 12.2. The summed E-state index contributed by atoms with van der Waals surface area (Å²) in [6.45, 7) is 1.14. The van der Waals surface area contributed by atoms with Crippen molar-refractivity contribution in [3.8, 4) is 0 Å². The summed E-state index contributed by atoms with van der Waals surface area (Å²) in [6.07, 6.45) is 1.33. The number of hydrogen-bond acceptors (Lipinski definition) is 2. The number of amides is 1. The van der Waals surface area contributed by atoms with Gasteiger partial charge in [0.2, 0.25) is 0 Å². The van der Waals surface area contributed by atoms with Gasteiger partial charge in [-0.25, -0.2) is 4.39 Å². The summed E-state index contributed by atoms with van der Waals surface area (Å²) in [6, 6.07) is 4.10. The second-order valence-corrected chi connectivity index (χ2v) is 5.82. The molecule has 1 fully saturated rings. The maximum Gasteiger partial charge on any atom is 0.251 e. The van der Waals surface area contributed by atoms with E-state index in [0.29, 0.717) is 36.4 Å². The van der Waals surface area contributed by atoms with E-state index in [0.717, 1.165) is 0 Å². The molecule has 0 atom stereocenters. The third kappa shape index (κ3) is 3.68. The lowest BCUT2D eigenvalue weighted by Crippen LogP contribution is -2.53. The molecule has 3 nitrogen and oxygen atoms in total. The third-order valence-corrected chi connectivity index (χ3v) is 4.18. The zero-order chi connectivity index (χ0) is 13.9. The Bertz CT molecular complexity index is 457. The molecule has 0 aliphatic carbocycles. The van der Waals surface area contributed by atoms with Crippen molar-refractivity contribution in [3.05, 3.63) is 34.1 Å². The third-order valence-electron chi connectivity index (χ3n) is 3.21. The lowest BCUT2D eigenvalue weighted by molar-refractivity contribution is 0.0433. The number of benzene rings is 1. The second-order valence-electron chi connectivity index (χ2n) is 4.64. The Labute approximate surface area is 124 Å². The number of alkyl halides is 1. The molecule has 1 aromatic rings. The van der Waals surface area contributed by atoms with E-state index in [2.05, 4.69) is 21.2 Å². The van der Waals surface area contributed by atoms with Crippen LogP contribution in [0.15, 0.2) is 22.7 Å². The van der Waals surface area contributed by atoms with E-state index in [9.17, 15) is 9.18 Å². The Balaban J connectivity index is 2.15. The minimum Gasteiger partial charge on any atom is -0.381 e. The minimum atomic E-state index is -0.463. The van der Waals surface area contributed by atoms with Gasteiger partial charge in [-0.15, -0.1) is 11.6 Å². The predicted molar refractivity (Wildman–Crippen MR) is 75.1 cm³/mol. The van der Waals surface area contributed by atoms with Gasteiger partial charge in [0.15, 0.2) is 0 Å². The van der Waals surface area contributed by atoms with Crippen LogP contribution in [0.4, 0.5) is 4.39 Å². The van der Waals surface area contributed by atoms with E-state index in [-0.39, 0.29) is 11.5 Å². The summed E-state index contributed by atoms with van der Waals surface area (Å²) in [5, 5.41) is 2.91. The summed E-state index contributed by atoms with van der Waals surface area (Å²) >= 11 is 9.15. The molecule has 0 unspecified atom stereocenters. The van der Waals surface area contributed by atoms with Crippen LogP contribution in [0.25, 0.3) is 0 Å². The summed E-state index contributed by atoms with van der Waals surface area (Å²) in [7, 11) is 0. The summed E-state index contributed by atoms with van der Waals surface area (Å²) < 4.78 is 19.1. The number of rotatable bonds is 3. The van der Waals surface area contributed by atoms with E-state index >= 15 is 0 Å². The van der Waals surface area contributed by atoms with Crippen molar-refractivity contribution in [3.63, 3.8) is 0 Å². The molecule has 1 N–H and O–H groups in total. The van der Waals surface area contributed by atoms with Crippen LogP contribution in [0.1, 0.15) is 23.2 Å². The first kappa shape index (κ1) is 14.8. The molecule has 0 bridgehead atoms. The van der Waals surface area contributed by atoms with Gasteiger partial charge >= 0.3 is 0 Å². The molecule has 0 spiro atoms. The van der Waals surface area contributed by atoms with Crippen LogP contribution in [-0.4, -0.2) is 30.5 Å². The number of carbonyl (C=O) groups excluding carboxylic acids is 1. The molecule has 104 valence electrons. The predicted octanol–water partition coefficient (Wildman–Crippen LogP) is 3.11. The molecule has 1 saturated heterocycles. The lowest BCUT2D eigenvalue weighted by atomic mass is 9.92. The van der Waals surface area contributed by atoms with Crippen LogP contribution in [-0.2, 0) is 4.74 Å². The standard InChI is InChI=1S/C13H14BrClFNO2/c14-10-5-9(6-11(16)7-10)12(18)17-13(8-15)1-3-19-4-2-13/h5-7H,1-4,8H2,(H,17,18). The summed E-state index contributed by atoms with van der Waals surface area (Å²) in [5.74, 6) is -0.451. The van der Waals surface area contributed by atoms with Gasteiger partial charge in [0.25, 0.3) is 5.91 Å². The highest BCUT2D eigenvalue weighted by Gasteiger charge is 2.33. The molecule has 1 aliphatic heterocycles. The molecule has 19 heavy (non-hydrogen) atoms. The van der Waals surface area contributed by atoms with Gasteiger partial charge < -0.3 is 10.1 Å². The van der Waals surface area contributed by atoms with E-state index in [1.807, 2.05) is 0 Å². The fourth-order valence-corrected chi connectivity index (χ4v) is 2.85. The van der Waals surface area contributed by atoms with Crippen molar-refractivity contribution < 1.29 is 13.9 Å². The molecule has 1 aromatic carbocycles. The van der Waals surface area contributed by atoms with E-state index in [4.69, 9.17) is 16.3 Å². The maximum absolute atomic E-state index is 13.3. The summed E-state index contributed by atoms with van der Waals surface area (Å²) in [5.41, 5.74) is -0.182. The molecular formula is C13H14BrClFNO2. The van der Waals surface area contributed by atoms with Gasteiger partial charge in [-0.3, -0.25) is 4.79 Å². The monoisotopic (exact) mass is 349 g/mol. The van der Waals surface area contributed by atoms with Crippen LogP contribution in [0.5, 0.6) is 0 Å². The Morgan fingerprint density at radius 2 is 2.11 bits per heavy atom. The van der Waals surface area contributed by atoms with Crippen LogP contribution < -0.4 is 5.32 Å². The zero-order valence-electron chi connectivity index (χ0n) is 10.2. The maximum atomic E-state index is 13.3. The highest BCUT2D eigenvalue weighted by molar-refractivity contribution is 9.10. The van der Waals surface area contributed by atoms with E-state index in [1.54, 1.807) is 6.07 Å². The van der Waals surface area contributed by atoms with Crippen molar-refractivity contribution in [1.82, 2.24) is 5.32 Å². The smallest absolute Gasteiger partial charge is 0.251 e. The van der Waals surface area contributed by atoms with Gasteiger partial charge in [-0.05, 0) is 31.0 Å². The second kappa shape index (κ2) is 6.20. The molecule has 1 aliphatic rings. The fourth-order valence-electron chi connectivity index (χ4n) is 2.05. The van der Waals surface area contributed by atoms with Crippen LogP contribution in [0.2, 0.25) is 0 Å². The number of ether oxygens (including phenoxy) is 1. The van der Waals surface area contributed by atoms with E-state index < -0.39 is 11.4 Å². The van der Waals surface area contributed by atoms with Gasteiger partial charge in [0.05, 0.1) is 5.54 Å². The van der Waals surface area contributed by atoms with Crippen LogP contribution >= 0.6 is 27.5 Å². The van der Waals surface area contributed by atoms with Crippen molar-refractivity contribution in [2.75, 3.05) is 19.1 Å². The van der Waals surface area contributed by atoms with Gasteiger partial charge in [-0.2, -0.15) is 0 Å². The normalized spacial score (nSPS) is 18.1. The van der Waals surface area contributed by atoms with E-state index in [1.165, 1.54) is 12.1 Å². The Morgan fingerprint density at radius 1 is 1.42 bits per heavy atom. The molecule has 6 heteroatoms. The quantitative estimate of drug-likeness (QED) is 0.851. The molecule has 0 radical (unpaired) electrons. The highest BCUT2D eigenvalue weighted by Crippen LogP contribution is 2.23. The van der Waals surface area contributed by atoms with Crippen LogP contribution in [0, 0.1) is 5.82 Å². The van der Waals surface area contributed by atoms with Crippen molar-refractivity contribution >= 4 is 33.4 Å². The van der Waals surface area contributed by atoms with Crippen molar-refractivity contribution in [1.29, 1.82) is 0 Å². The zero-order valence-corrected chi connectivity index (χ0v) is 12.6. The van der Waals surface area contributed by atoms with Crippen molar-refractivity contribution in [2.45, 2.75) is 18.4 Å². The Hall–Kier alpha value is -0.650. The average Bonchev–Trinajstić information content (AvgIpc) is 2.38. The topological polar surface area (TPSA) is 38.3 Å². The van der Waals surface area contributed by atoms with Gasteiger partial charge in [0.1, 0.15) is 5.82 Å². The average molecular weight is 351 g/mol. The highest BCUT2D eigenvalue weighted by atomic mass is 79.9. The van der Waals surface area contributed by atoms with Crippen LogP contribution in [0.3, 0.4) is 0 Å². The lowest BCUT2D eigenvalue weighted by Gasteiger charge is -2.36. The number of carbonyl (C=O) groups is 1. The number of halogens is 3. The Kier molecular flexibility index (Phi) is 4.81. The fraction of sp³-hybridized carbons (Fsp3) is 0.462. The first-order valence-corrected chi connectivity index (χ1v) is 7.30. The molecular weight excluding hydrogens is 337 g/mol. The molecule has 1 amide bonds.